The summed E-state index contributed by atoms with van der Waals surface area (Å²) < 4.78 is 25.2. The van der Waals surface area contributed by atoms with E-state index in [9.17, 15) is 18.6 Å². The summed E-state index contributed by atoms with van der Waals surface area (Å²) in [4.78, 5) is 0. The average Bonchev–Trinajstić information content (AvgIpc) is 2.35. The van der Waals surface area contributed by atoms with Gasteiger partial charge >= 0.3 is 0 Å². The quantitative estimate of drug-likeness (QED) is 0.808. The molecule has 0 aromatic carbocycles. The second kappa shape index (κ2) is 5.70. The van der Waals surface area contributed by atoms with E-state index in [0.717, 1.165) is 12.8 Å². The van der Waals surface area contributed by atoms with Crippen molar-refractivity contribution in [1.29, 1.82) is 0 Å². The van der Waals surface area contributed by atoms with Crippen molar-refractivity contribution >= 4 is 9.84 Å². The van der Waals surface area contributed by atoms with Crippen molar-refractivity contribution in [3.05, 3.63) is 0 Å². The van der Waals surface area contributed by atoms with E-state index in [1.165, 1.54) is 0 Å². The van der Waals surface area contributed by atoms with Crippen molar-refractivity contribution in [1.82, 2.24) is 0 Å². The molecule has 0 aliphatic heterocycles. The number of rotatable bonds is 2. The first-order valence-corrected chi connectivity index (χ1v) is 9.02. The van der Waals surface area contributed by atoms with Crippen LogP contribution in [0.3, 0.4) is 0 Å². The summed E-state index contributed by atoms with van der Waals surface area (Å²) in [5.41, 5.74) is 0. The number of sulfone groups is 1. The standard InChI is InChI=1S/C14H26O4S/c1-9-3-5-11(7-13(9)15)19(17,18)12-6-4-10(2)14(16)8-12/h9-16H,3-8H2,1-2H3. The van der Waals surface area contributed by atoms with E-state index in [0.29, 0.717) is 25.7 Å². The molecule has 4 nitrogen and oxygen atoms in total. The highest BCUT2D eigenvalue weighted by molar-refractivity contribution is 7.92. The zero-order valence-corrected chi connectivity index (χ0v) is 12.6. The fraction of sp³-hybridized carbons (Fsp3) is 1.00. The predicted molar refractivity (Wildman–Crippen MR) is 74.5 cm³/mol. The third-order valence-electron chi connectivity index (χ3n) is 5.14. The minimum absolute atomic E-state index is 0.198. The van der Waals surface area contributed by atoms with Crippen LogP contribution in [0.2, 0.25) is 0 Å². The van der Waals surface area contributed by atoms with E-state index in [1.54, 1.807) is 0 Å². The van der Waals surface area contributed by atoms with Crippen molar-refractivity contribution in [3.63, 3.8) is 0 Å². The summed E-state index contributed by atoms with van der Waals surface area (Å²) >= 11 is 0. The van der Waals surface area contributed by atoms with Crippen molar-refractivity contribution in [2.45, 2.75) is 75.1 Å². The highest BCUT2D eigenvalue weighted by Crippen LogP contribution is 2.35. The zero-order chi connectivity index (χ0) is 14.2. The molecule has 2 N–H and O–H groups in total. The summed E-state index contributed by atoms with van der Waals surface area (Å²) in [6.07, 6.45) is 2.60. The molecule has 5 heteroatoms. The van der Waals surface area contributed by atoms with Crippen LogP contribution >= 0.6 is 0 Å². The molecule has 6 atom stereocenters. The van der Waals surface area contributed by atoms with Gasteiger partial charge in [0.15, 0.2) is 9.84 Å². The van der Waals surface area contributed by atoms with Gasteiger partial charge in [-0.05, 0) is 50.4 Å². The lowest BCUT2D eigenvalue weighted by Gasteiger charge is -2.36. The van der Waals surface area contributed by atoms with Gasteiger partial charge in [-0.15, -0.1) is 0 Å². The number of aliphatic hydroxyl groups excluding tert-OH is 2. The molecule has 112 valence electrons. The third-order valence-corrected chi connectivity index (χ3v) is 7.85. The molecule has 19 heavy (non-hydrogen) atoms. The number of hydrogen-bond donors (Lipinski definition) is 2. The van der Waals surface area contributed by atoms with Crippen LogP contribution in [0.15, 0.2) is 0 Å². The number of aliphatic hydroxyl groups is 2. The molecule has 6 unspecified atom stereocenters. The maximum Gasteiger partial charge on any atom is 0.156 e. The summed E-state index contributed by atoms with van der Waals surface area (Å²) in [7, 11) is -3.22. The molecular weight excluding hydrogens is 264 g/mol. The molecule has 0 aromatic heterocycles. The van der Waals surface area contributed by atoms with Crippen molar-refractivity contribution in [2.24, 2.45) is 11.8 Å². The molecule has 0 bridgehead atoms. The topological polar surface area (TPSA) is 74.6 Å². The zero-order valence-electron chi connectivity index (χ0n) is 11.8. The van der Waals surface area contributed by atoms with Crippen LogP contribution in [0.25, 0.3) is 0 Å². The second-order valence-electron chi connectivity index (χ2n) is 6.55. The van der Waals surface area contributed by atoms with Gasteiger partial charge in [0.25, 0.3) is 0 Å². The Labute approximate surface area is 116 Å². The highest BCUT2D eigenvalue weighted by atomic mass is 32.2. The lowest BCUT2D eigenvalue weighted by molar-refractivity contribution is 0.0755. The van der Waals surface area contributed by atoms with Gasteiger partial charge in [0.1, 0.15) is 0 Å². The maximum absolute atomic E-state index is 12.6. The van der Waals surface area contributed by atoms with Crippen LogP contribution in [0.1, 0.15) is 52.4 Å². The lowest BCUT2D eigenvalue weighted by atomic mass is 9.87. The van der Waals surface area contributed by atoms with Crippen molar-refractivity contribution < 1.29 is 18.6 Å². The van der Waals surface area contributed by atoms with Gasteiger partial charge < -0.3 is 10.2 Å². The normalized spacial score (nSPS) is 45.1. The molecular formula is C14H26O4S. The first-order valence-electron chi connectivity index (χ1n) is 7.41. The monoisotopic (exact) mass is 290 g/mol. The van der Waals surface area contributed by atoms with E-state index >= 15 is 0 Å². The molecule has 0 aromatic rings. The lowest BCUT2D eigenvalue weighted by Crippen LogP contribution is -2.43. The Hall–Kier alpha value is -0.130. The largest absolute Gasteiger partial charge is 0.393 e. The Bertz CT molecular complexity index is 374. The second-order valence-corrected chi connectivity index (χ2v) is 9.06. The van der Waals surface area contributed by atoms with Crippen LogP contribution in [0.5, 0.6) is 0 Å². The molecule has 2 fully saturated rings. The molecule has 2 aliphatic rings. The van der Waals surface area contributed by atoms with Gasteiger partial charge in [-0.2, -0.15) is 0 Å². The molecule has 0 spiro atoms. The fourth-order valence-electron chi connectivity index (χ4n) is 3.39. The minimum Gasteiger partial charge on any atom is -0.393 e. The summed E-state index contributed by atoms with van der Waals surface area (Å²) in [6, 6.07) is 0. The smallest absolute Gasteiger partial charge is 0.156 e. The van der Waals surface area contributed by atoms with Crippen molar-refractivity contribution in [2.75, 3.05) is 0 Å². The van der Waals surface area contributed by atoms with Gasteiger partial charge in [0, 0.05) is 0 Å². The van der Waals surface area contributed by atoms with E-state index in [1.807, 2.05) is 13.8 Å². The van der Waals surface area contributed by atoms with E-state index in [4.69, 9.17) is 0 Å². The van der Waals surface area contributed by atoms with Crippen molar-refractivity contribution in [3.8, 4) is 0 Å². The molecule has 0 heterocycles. The van der Waals surface area contributed by atoms with Crippen LogP contribution in [-0.4, -0.2) is 41.3 Å². The first kappa shape index (κ1) is 15.3. The third kappa shape index (κ3) is 3.14. The van der Waals surface area contributed by atoms with E-state index in [-0.39, 0.29) is 11.8 Å². The van der Waals surface area contributed by atoms with Crippen LogP contribution in [0.4, 0.5) is 0 Å². The van der Waals surface area contributed by atoms with E-state index in [2.05, 4.69) is 0 Å². The van der Waals surface area contributed by atoms with Gasteiger partial charge in [-0.3, -0.25) is 0 Å². The molecule has 2 aliphatic carbocycles. The van der Waals surface area contributed by atoms with Gasteiger partial charge in [0.2, 0.25) is 0 Å². The summed E-state index contributed by atoms with van der Waals surface area (Å²) in [5.74, 6) is 0.395. The van der Waals surface area contributed by atoms with Crippen LogP contribution < -0.4 is 0 Å². The Morgan fingerprint density at radius 2 is 1.16 bits per heavy atom. The summed E-state index contributed by atoms with van der Waals surface area (Å²) in [5, 5.41) is 19.0. The highest BCUT2D eigenvalue weighted by Gasteiger charge is 2.41. The van der Waals surface area contributed by atoms with Gasteiger partial charge in [-0.1, -0.05) is 13.8 Å². The van der Waals surface area contributed by atoms with E-state index < -0.39 is 32.5 Å². The fourth-order valence-corrected chi connectivity index (χ4v) is 5.79. The molecule has 0 saturated heterocycles. The SMILES string of the molecule is CC1CCC(S(=O)(=O)C2CCC(C)C(O)C2)CC1O. The molecule has 0 radical (unpaired) electrons. The van der Waals surface area contributed by atoms with Gasteiger partial charge in [-0.25, -0.2) is 8.42 Å². The van der Waals surface area contributed by atoms with Gasteiger partial charge in [0.05, 0.1) is 22.7 Å². The molecule has 2 saturated carbocycles. The summed E-state index contributed by atoms with van der Waals surface area (Å²) in [6.45, 7) is 3.94. The number of hydrogen-bond acceptors (Lipinski definition) is 4. The Kier molecular flexibility index (Phi) is 4.58. The Morgan fingerprint density at radius 1 is 0.789 bits per heavy atom. The first-order chi connectivity index (χ1) is 8.82. The Balaban J connectivity index is 2.06. The molecule has 0 amide bonds. The predicted octanol–water partition coefficient (Wildman–Crippen LogP) is 1.50. The van der Waals surface area contributed by atoms with Crippen LogP contribution in [-0.2, 0) is 9.84 Å². The minimum atomic E-state index is -3.22. The Morgan fingerprint density at radius 3 is 1.47 bits per heavy atom. The average molecular weight is 290 g/mol. The molecule has 2 rings (SSSR count). The maximum atomic E-state index is 12.6. The van der Waals surface area contributed by atoms with Crippen LogP contribution in [0, 0.1) is 11.8 Å².